The molecule has 29 heavy (non-hydrogen) atoms. The second-order valence-corrected chi connectivity index (χ2v) is 7.01. The van der Waals surface area contributed by atoms with E-state index in [0.29, 0.717) is 37.1 Å². The van der Waals surface area contributed by atoms with Crippen LogP contribution < -0.4 is 24.3 Å². The Morgan fingerprint density at radius 3 is 2.55 bits per heavy atom. The van der Waals surface area contributed by atoms with Crippen molar-refractivity contribution < 1.29 is 18.9 Å². The molecular weight excluding hydrogens is 390 g/mol. The second kappa shape index (κ2) is 8.97. The highest BCUT2D eigenvalue weighted by atomic mass is 35.5. The van der Waals surface area contributed by atoms with Crippen LogP contribution >= 0.6 is 11.6 Å². The lowest BCUT2D eigenvalue weighted by atomic mass is 10.1. The molecule has 1 aliphatic heterocycles. The molecular formula is C23H22ClNO4. The fourth-order valence-electron chi connectivity index (χ4n) is 3.11. The van der Waals surface area contributed by atoms with Crippen LogP contribution in [-0.4, -0.2) is 20.3 Å². The molecule has 1 N–H and O–H groups in total. The van der Waals surface area contributed by atoms with Crippen molar-refractivity contribution in [2.75, 3.05) is 25.6 Å². The Labute approximate surface area is 175 Å². The molecule has 6 heteroatoms. The zero-order valence-corrected chi connectivity index (χ0v) is 16.9. The summed E-state index contributed by atoms with van der Waals surface area (Å²) in [5, 5.41) is 4.12. The number of hydrogen-bond acceptors (Lipinski definition) is 5. The van der Waals surface area contributed by atoms with Crippen molar-refractivity contribution >= 4 is 17.3 Å². The molecule has 0 fully saturated rings. The molecule has 0 spiro atoms. The Balaban J connectivity index is 1.48. The van der Waals surface area contributed by atoms with Crippen LogP contribution in [0.25, 0.3) is 0 Å². The van der Waals surface area contributed by atoms with E-state index in [9.17, 15) is 0 Å². The first-order valence-electron chi connectivity index (χ1n) is 9.39. The highest BCUT2D eigenvalue weighted by Gasteiger charge is 2.14. The van der Waals surface area contributed by atoms with E-state index in [1.165, 1.54) is 0 Å². The van der Waals surface area contributed by atoms with Crippen LogP contribution in [0.15, 0.2) is 60.7 Å². The van der Waals surface area contributed by atoms with Gasteiger partial charge in [-0.25, -0.2) is 0 Å². The molecule has 0 aliphatic carbocycles. The van der Waals surface area contributed by atoms with Gasteiger partial charge in [-0.1, -0.05) is 35.9 Å². The third-order valence-electron chi connectivity index (χ3n) is 4.60. The van der Waals surface area contributed by atoms with E-state index in [-0.39, 0.29) is 0 Å². The second-order valence-electron chi connectivity index (χ2n) is 6.58. The molecule has 3 aromatic rings. The van der Waals surface area contributed by atoms with Gasteiger partial charge in [-0.15, -0.1) is 0 Å². The predicted octanol–water partition coefficient (Wildman–Crippen LogP) is 5.31. The molecule has 1 heterocycles. The van der Waals surface area contributed by atoms with Gasteiger partial charge >= 0.3 is 0 Å². The molecule has 150 valence electrons. The van der Waals surface area contributed by atoms with Crippen molar-refractivity contribution in [3.05, 3.63) is 76.8 Å². The number of methoxy groups -OCH3 is 1. The summed E-state index contributed by atoms with van der Waals surface area (Å²) in [7, 11) is 1.64. The van der Waals surface area contributed by atoms with Crippen LogP contribution in [0.4, 0.5) is 5.69 Å². The van der Waals surface area contributed by atoms with Gasteiger partial charge in [0.05, 0.1) is 7.11 Å². The number of para-hydroxylation sites is 1. The lowest BCUT2D eigenvalue weighted by Crippen LogP contribution is -2.15. The van der Waals surface area contributed by atoms with Gasteiger partial charge in [0.15, 0.2) is 23.0 Å². The lowest BCUT2D eigenvalue weighted by molar-refractivity contribution is 0.171. The van der Waals surface area contributed by atoms with E-state index in [2.05, 4.69) is 5.32 Å². The first-order chi connectivity index (χ1) is 14.2. The maximum atomic E-state index is 6.11. The number of hydrogen-bond donors (Lipinski definition) is 1. The highest BCUT2D eigenvalue weighted by molar-refractivity contribution is 6.30. The van der Waals surface area contributed by atoms with Gasteiger partial charge in [0.2, 0.25) is 0 Å². The quantitative estimate of drug-likeness (QED) is 0.570. The summed E-state index contributed by atoms with van der Waals surface area (Å²) in [6, 6.07) is 19.3. The first kappa shape index (κ1) is 19.3. The molecule has 5 nitrogen and oxygen atoms in total. The number of nitrogens with one attached hydrogen (secondary N) is 1. The van der Waals surface area contributed by atoms with Gasteiger partial charge in [0.1, 0.15) is 19.8 Å². The molecule has 0 radical (unpaired) electrons. The summed E-state index contributed by atoms with van der Waals surface area (Å²) in [5.74, 6) is 2.94. The highest BCUT2D eigenvalue weighted by Crippen LogP contribution is 2.35. The smallest absolute Gasteiger partial charge is 0.166 e. The predicted molar refractivity (Wildman–Crippen MR) is 114 cm³/mol. The summed E-state index contributed by atoms with van der Waals surface area (Å²) in [4.78, 5) is 0. The van der Waals surface area contributed by atoms with E-state index in [4.69, 9.17) is 30.5 Å². The molecule has 0 aromatic heterocycles. The summed E-state index contributed by atoms with van der Waals surface area (Å²) in [5.41, 5.74) is 2.97. The largest absolute Gasteiger partial charge is 0.493 e. The van der Waals surface area contributed by atoms with Gasteiger partial charge in [-0.05, 0) is 35.9 Å². The molecule has 0 unspecified atom stereocenters. The lowest BCUT2D eigenvalue weighted by Gasteiger charge is -2.20. The summed E-state index contributed by atoms with van der Waals surface area (Å²) < 4.78 is 22.8. The van der Waals surface area contributed by atoms with Crippen molar-refractivity contribution in [3.8, 4) is 23.0 Å². The molecule has 0 saturated heterocycles. The van der Waals surface area contributed by atoms with Crippen LogP contribution in [0.1, 0.15) is 11.1 Å². The van der Waals surface area contributed by atoms with Crippen molar-refractivity contribution in [2.24, 2.45) is 0 Å². The monoisotopic (exact) mass is 411 g/mol. The molecule has 0 atom stereocenters. The molecule has 4 rings (SSSR count). The summed E-state index contributed by atoms with van der Waals surface area (Å²) in [6.07, 6.45) is 0. The Morgan fingerprint density at radius 1 is 0.966 bits per heavy atom. The van der Waals surface area contributed by atoms with Crippen molar-refractivity contribution in [1.82, 2.24) is 0 Å². The zero-order chi connectivity index (χ0) is 20.1. The van der Waals surface area contributed by atoms with E-state index in [0.717, 1.165) is 34.1 Å². The van der Waals surface area contributed by atoms with Crippen LogP contribution in [0.3, 0.4) is 0 Å². The fourth-order valence-corrected chi connectivity index (χ4v) is 3.24. The molecule has 0 amide bonds. The zero-order valence-electron chi connectivity index (χ0n) is 16.1. The van der Waals surface area contributed by atoms with E-state index in [1.807, 2.05) is 60.7 Å². The maximum absolute atomic E-state index is 6.11. The first-order valence-corrected chi connectivity index (χ1v) is 9.77. The Hall–Kier alpha value is -3.05. The SMILES string of the molecule is COc1cccc(CNc2ccc3c(c2)OCCO3)c1OCc1ccc(Cl)cc1. The third-order valence-corrected chi connectivity index (χ3v) is 4.85. The minimum absolute atomic E-state index is 0.425. The van der Waals surface area contributed by atoms with E-state index in [1.54, 1.807) is 7.11 Å². The van der Waals surface area contributed by atoms with Gasteiger partial charge in [-0.2, -0.15) is 0 Å². The molecule has 1 aliphatic rings. The van der Waals surface area contributed by atoms with E-state index >= 15 is 0 Å². The topological polar surface area (TPSA) is 49.0 Å². The minimum Gasteiger partial charge on any atom is -0.493 e. The maximum Gasteiger partial charge on any atom is 0.166 e. The number of halogens is 1. The van der Waals surface area contributed by atoms with Gasteiger partial charge < -0.3 is 24.3 Å². The number of rotatable bonds is 7. The van der Waals surface area contributed by atoms with Gasteiger partial charge in [-0.3, -0.25) is 0 Å². The Bertz CT molecular complexity index is 975. The number of anilines is 1. The molecule has 0 saturated carbocycles. The van der Waals surface area contributed by atoms with Crippen molar-refractivity contribution in [3.63, 3.8) is 0 Å². The Morgan fingerprint density at radius 2 is 1.76 bits per heavy atom. The van der Waals surface area contributed by atoms with Crippen LogP contribution in [-0.2, 0) is 13.2 Å². The van der Waals surface area contributed by atoms with Crippen molar-refractivity contribution in [1.29, 1.82) is 0 Å². The van der Waals surface area contributed by atoms with Crippen LogP contribution in [0.2, 0.25) is 5.02 Å². The number of fused-ring (bicyclic) bond motifs is 1. The van der Waals surface area contributed by atoms with Crippen molar-refractivity contribution in [2.45, 2.75) is 13.2 Å². The fraction of sp³-hybridized carbons (Fsp3) is 0.217. The normalized spacial score (nSPS) is 12.3. The van der Waals surface area contributed by atoms with Gasteiger partial charge in [0.25, 0.3) is 0 Å². The average molecular weight is 412 g/mol. The number of benzene rings is 3. The van der Waals surface area contributed by atoms with E-state index < -0.39 is 0 Å². The standard InChI is InChI=1S/C23H22ClNO4/c1-26-21-4-2-3-17(23(21)29-15-16-5-7-18(24)8-6-16)14-25-19-9-10-20-22(13-19)28-12-11-27-20/h2-10,13,25H,11-12,14-15H2,1H3. The van der Waals surface area contributed by atoms with Gasteiger partial charge in [0, 0.05) is 28.9 Å². The minimum atomic E-state index is 0.425. The average Bonchev–Trinajstić information content (AvgIpc) is 2.77. The molecule has 3 aromatic carbocycles. The third kappa shape index (κ3) is 4.69. The summed E-state index contributed by atoms with van der Waals surface area (Å²) >= 11 is 5.96. The van der Waals surface area contributed by atoms with Crippen LogP contribution in [0, 0.1) is 0 Å². The summed E-state index contributed by atoms with van der Waals surface area (Å²) in [6.45, 7) is 2.15. The number of ether oxygens (including phenoxy) is 4. The molecule has 0 bridgehead atoms. The Kier molecular flexibility index (Phi) is 5.96. The van der Waals surface area contributed by atoms with Crippen LogP contribution in [0.5, 0.6) is 23.0 Å².